The van der Waals surface area contributed by atoms with Crippen LogP contribution in [0.4, 0.5) is 0 Å². The number of aliphatic carboxylic acids is 2. The molecule has 0 aromatic heterocycles. The van der Waals surface area contributed by atoms with Gasteiger partial charge in [-0.15, -0.1) is 0 Å². The van der Waals surface area contributed by atoms with Crippen molar-refractivity contribution >= 4 is 17.9 Å². The average molecular weight is 883 g/mol. The molecular weight excluding hydrogens is 804 g/mol. The molecule has 19 atom stereocenters. The van der Waals surface area contributed by atoms with Gasteiger partial charge in [0.05, 0.1) is 48.0 Å². The van der Waals surface area contributed by atoms with E-state index in [9.17, 15) is 39.9 Å². The molecule has 3 rings (SSSR count). The molecule has 3 aliphatic heterocycles. The standard InChI is InChI=1S/C38H72N2O12.C4H6O5/c1-15-27-38(10,46)31(42)24(6)40(13)19-20(2)17-36(8,45)33(52-35-29(41)26(39(11)12)16-21(3)48-35)22(4)30(23(5)34(44)50-27)51-28-18-37(9,47-14)32(43)25(7)49-28;5-2(4(8)9)1-3(6)7/h20-33,35,41-43,45-46H,15-19H2,1-14H3;2,5H,1H2,(H,6,7)(H,8,9)/t20-,21-,22+,23-,24-,25+,26+,27-,28+,29-,30+,31-,32+,33-,35+,36-,37-,38-;/m1./s1. The molecule has 0 bridgehead atoms. The van der Waals surface area contributed by atoms with E-state index < -0.39 is 120 Å². The Hall–Kier alpha value is -2.11. The Morgan fingerprint density at radius 1 is 0.951 bits per heavy atom. The van der Waals surface area contributed by atoms with Crippen molar-refractivity contribution in [1.29, 1.82) is 0 Å². The lowest BCUT2D eigenvalue weighted by atomic mass is 9.77. The van der Waals surface area contributed by atoms with Crippen LogP contribution in [0, 0.1) is 17.8 Å². The highest BCUT2D eigenvalue weighted by Crippen LogP contribution is 2.40. The van der Waals surface area contributed by atoms with Crippen molar-refractivity contribution in [3.63, 3.8) is 0 Å². The molecule has 3 aliphatic rings. The van der Waals surface area contributed by atoms with Crippen LogP contribution >= 0.6 is 0 Å². The molecular formula is C42H78N2O17. The number of likely N-dealkylation sites (N-methyl/N-ethyl adjacent to an activating group) is 2. The van der Waals surface area contributed by atoms with Gasteiger partial charge in [-0.05, 0) is 94.8 Å². The number of carbonyl (C=O) groups is 3. The molecule has 0 aromatic rings. The van der Waals surface area contributed by atoms with E-state index in [1.54, 1.807) is 41.5 Å². The van der Waals surface area contributed by atoms with E-state index in [1.807, 2.05) is 51.7 Å². The molecule has 61 heavy (non-hydrogen) atoms. The number of methoxy groups -OCH3 is 1. The summed E-state index contributed by atoms with van der Waals surface area (Å²) < 4.78 is 37.5. The zero-order valence-corrected chi connectivity index (χ0v) is 38.6. The van der Waals surface area contributed by atoms with Crippen LogP contribution in [0.3, 0.4) is 0 Å². The van der Waals surface area contributed by atoms with Gasteiger partial charge in [0.1, 0.15) is 30.0 Å². The predicted octanol–water partition coefficient (Wildman–Crippen LogP) is 0.807. The maximum atomic E-state index is 14.2. The van der Waals surface area contributed by atoms with Crippen LogP contribution in [-0.4, -0.2) is 200 Å². The van der Waals surface area contributed by atoms with Crippen LogP contribution in [-0.2, 0) is 42.8 Å². The molecule has 3 saturated heterocycles. The lowest BCUT2D eigenvalue weighted by Gasteiger charge is -2.48. The zero-order valence-electron chi connectivity index (χ0n) is 38.6. The summed E-state index contributed by atoms with van der Waals surface area (Å²) in [6.45, 7) is 18.0. The molecule has 1 unspecified atom stereocenters. The summed E-state index contributed by atoms with van der Waals surface area (Å²) in [7, 11) is 7.12. The summed E-state index contributed by atoms with van der Waals surface area (Å²) in [4.78, 5) is 37.5. The van der Waals surface area contributed by atoms with E-state index in [0.717, 1.165) is 0 Å². The number of rotatable bonds is 10. The second-order valence-corrected chi connectivity index (χ2v) is 18.6. The van der Waals surface area contributed by atoms with Gasteiger partial charge < -0.3 is 79.1 Å². The highest BCUT2D eigenvalue weighted by molar-refractivity contribution is 5.79. The maximum Gasteiger partial charge on any atom is 0.333 e. The fourth-order valence-electron chi connectivity index (χ4n) is 8.99. The lowest BCUT2D eigenvalue weighted by molar-refractivity contribution is -0.318. The molecule has 0 amide bonds. The number of cyclic esters (lactones) is 1. The van der Waals surface area contributed by atoms with Crippen LogP contribution in [0.1, 0.15) is 101 Å². The number of ether oxygens (including phenoxy) is 6. The summed E-state index contributed by atoms with van der Waals surface area (Å²) in [6, 6.07) is -0.808. The van der Waals surface area contributed by atoms with Gasteiger partial charge in [-0.3, -0.25) is 9.59 Å². The number of hydrogen-bond donors (Lipinski definition) is 8. The first kappa shape index (κ1) is 55.0. The van der Waals surface area contributed by atoms with Crippen molar-refractivity contribution in [1.82, 2.24) is 9.80 Å². The van der Waals surface area contributed by atoms with Crippen LogP contribution in [0.25, 0.3) is 0 Å². The monoisotopic (exact) mass is 883 g/mol. The van der Waals surface area contributed by atoms with Crippen LogP contribution in [0.2, 0.25) is 0 Å². The topological polar surface area (TPSA) is 275 Å². The van der Waals surface area contributed by atoms with Gasteiger partial charge in [-0.2, -0.15) is 0 Å². The number of carbonyl (C=O) groups excluding carboxylic acids is 1. The number of aliphatic hydroxyl groups is 6. The molecule has 0 saturated carbocycles. The number of nitrogens with zero attached hydrogens (tertiary/aromatic N) is 2. The number of esters is 1. The van der Waals surface area contributed by atoms with Gasteiger partial charge in [-0.1, -0.05) is 20.8 Å². The Morgan fingerprint density at radius 2 is 1.54 bits per heavy atom. The highest BCUT2D eigenvalue weighted by Gasteiger charge is 2.52. The maximum absolute atomic E-state index is 14.2. The van der Waals surface area contributed by atoms with Crippen molar-refractivity contribution in [2.45, 2.75) is 198 Å². The Balaban J connectivity index is 0.00000127. The molecule has 8 N–H and O–H groups in total. The van der Waals surface area contributed by atoms with E-state index >= 15 is 0 Å². The molecule has 19 heteroatoms. The first-order valence-corrected chi connectivity index (χ1v) is 21.3. The minimum Gasteiger partial charge on any atom is -0.481 e. The van der Waals surface area contributed by atoms with E-state index in [1.165, 1.54) is 14.0 Å². The van der Waals surface area contributed by atoms with Crippen LogP contribution in [0.15, 0.2) is 0 Å². The normalized spacial score (nSPS) is 44.1. The molecule has 3 heterocycles. The van der Waals surface area contributed by atoms with Gasteiger partial charge in [0.25, 0.3) is 0 Å². The third kappa shape index (κ3) is 14.2. The summed E-state index contributed by atoms with van der Waals surface area (Å²) in [5, 5.41) is 82.3. The molecule has 0 radical (unpaired) electrons. The average Bonchev–Trinajstić information content (AvgIpc) is 3.15. The quantitative estimate of drug-likeness (QED) is 0.141. The van der Waals surface area contributed by atoms with Crippen molar-refractivity contribution < 1.29 is 83.7 Å². The minimum atomic E-state index is -1.80. The fraction of sp³-hybridized carbons (Fsp3) is 0.929. The van der Waals surface area contributed by atoms with Crippen molar-refractivity contribution in [2.24, 2.45) is 17.8 Å². The van der Waals surface area contributed by atoms with Crippen LogP contribution < -0.4 is 0 Å². The first-order chi connectivity index (χ1) is 27.9. The second kappa shape index (κ2) is 22.7. The van der Waals surface area contributed by atoms with Crippen molar-refractivity contribution in [3.05, 3.63) is 0 Å². The molecule has 19 nitrogen and oxygen atoms in total. The SMILES string of the molecule is CC[C@H]1OC(=O)[C@H](C)[C@@H](O[C@H]2C[C@@](C)(OC)[C@@H](O)[C@H](C)O2)[C@H](C)[C@@H](O[C@@H]2O[C@H](C)C[C@H](N(C)C)[C@H]2O)[C@](C)(O)C[C@@H](C)CN(C)[C@H](C)[C@@H](O)[C@]1(C)O.O=C(O)CC(O)C(=O)O. The smallest absolute Gasteiger partial charge is 0.333 e. The van der Waals surface area contributed by atoms with Gasteiger partial charge in [-0.25, -0.2) is 4.79 Å². The third-order valence-electron chi connectivity index (χ3n) is 12.9. The number of hydrogen-bond acceptors (Lipinski definition) is 17. The van der Waals surface area contributed by atoms with E-state index in [-0.39, 0.29) is 37.3 Å². The minimum absolute atomic E-state index is 0.133. The molecule has 0 aliphatic carbocycles. The summed E-state index contributed by atoms with van der Waals surface area (Å²) in [5.74, 6) is -5.43. The first-order valence-electron chi connectivity index (χ1n) is 21.3. The predicted molar refractivity (Wildman–Crippen MR) is 220 cm³/mol. The van der Waals surface area contributed by atoms with E-state index in [4.69, 9.17) is 43.7 Å². The Kier molecular flexibility index (Phi) is 20.5. The fourth-order valence-corrected chi connectivity index (χ4v) is 8.99. The van der Waals surface area contributed by atoms with Gasteiger partial charge in [0.15, 0.2) is 18.7 Å². The summed E-state index contributed by atoms with van der Waals surface area (Å²) in [6.07, 6.45) is -10.7. The zero-order chi connectivity index (χ0) is 47.1. The molecule has 0 aromatic carbocycles. The number of aliphatic hydroxyl groups excluding tert-OH is 4. The molecule has 358 valence electrons. The van der Waals surface area contributed by atoms with Crippen LogP contribution in [0.5, 0.6) is 0 Å². The Labute approximate surface area is 361 Å². The molecule has 0 spiro atoms. The largest absolute Gasteiger partial charge is 0.481 e. The Bertz CT molecular complexity index is 1400. The summed E-state index contributed by atoms with van der Waals surface area (Å²) >= 11 is 0. The molecule has 3 fully saturated rings. The van der Waals surface area contributed by atoms with E-state index in [2.05, 4.69) is 0 Å². The van der Waals surface area contributed by atoms with Gasteiger partial charge >= 0.3 is 17.9 Å². The van der Waals surface area contributed by atoms with Gasteiger partial charge in [0, 0.05) is 38.1 Å². The summed E-state index contributed by atoms with van der Waals surface area (Å²) in [5.41, 5.74) is -4.37. The Morgan fingerprint density at radius 3 is 2.03 bits per heavy atom. The van der Waals surface area contributed by atoms with Crippen molar-refractivity contribution in [2.75, 3.05) is 34.8 Å². The van der Waals surface area contributed by atoms with Gasteiger partial charge in [0.2, 0.25) is 0 Å². The highest BCUT2D eigenvalue weighted by atomic mass is 16.7. The third-order valence-corrected chi connectivity index (χ3v) is 12.9. The number of carboxylic acids is 2. The van der Waals surface area contributed by atoms with Crippen molar-refractivity contribution in [3.8, 4) is 0 Å². The lowest BCUT2D eigenvalue weighted by Crippen LogP contribution is -2.60. The second-order valence-electron chi connectivity index (χ2n) is 18.6. The number of carboxylic acid groups (broad SMARTS) is 2. The van der Waals surface area contributed by atoms with E-state index in [0.29, 0.717) is 13.0 Å².